The third-order valence-corrected chi connectivity index (χ3v) is 4.87. The van der Waals surface area contributed by atoms with E-state index in [2.05, 4.69) is 17.6 Å². The molecule has 1 heterocycles. The lowest BCUT2D eigenvalue weighted by Gasteiger charge is -2.13. The Bertz CT molecular complexity index is 927. The maximum Gasteiger partial charge on any atom is 0.291 e. The summed E-state index contributed by atoms with van der Waals surface area (Å²) >= 11 is 0. The first-order valence-corrected chi connectivity index (χ1v) is 10.2. The molecular formula is C24H28N2O3. The van der Waals surface area contributed by atoms with Crippen molar-refractivity contribution in [3.8, 4) is 0 Å². The molecule has 5 nitrogen and oxygen atoms in total. The van der Waals surface area contributed by atoms with E-state index in [1.807, 2.05) is 43.3 Å². The van der Waals surface area contributed by atoms with Crippen molar-refractivity contribution < 1.29 is 14.0 Å². The fraction of sp³-hybridized carbons (Fsp3) is 0.333. The van der Waals surface area contributed by atoms with Crippen molar-refractivity contribution in [2.24, 2.45) is 0 Å². The summed E-state index contributed by atoms with van der Waals surface area (Å²) in [6, 6.07) is 16.7. The van der Waals surface area contributed by atoms with Gasteiger partial charge in [0.2, 0.25) is 5.91 Å². The van der Waals surface area contributed by atoms with Crippen LogP contribution in [-0.4, -0.2) is 17.9 Å². The molecule has 0 saturated heterocycles. The van der Waals surface area contributed by atoms with Crippen LogP contribution >= 0.6 is 0 Å². The normalized spacial score (nSPS) is 11.9. The molecule has 2 amide bonds. The number of benzene rings is 2. The van der Waals surface area contributed by atoms with Crippen LogP contribution in [0.25, 0.3) is 11.0 Å². The molecule has 0 fully saturated rings. The number of hydrogen-bond donors (Lipinski definition) is 2. The van der Waals surface area contributed by atoms with Crippen LogP contribution in [0.5, 0.6) is 0 Å². The smallest absolute Gasteiger partial charge is 0.291 e. The molecule has 3 aromatic rings. The molecule has 0 aliphatic heterocycles. The lowest BCUT2D eigenvalue weighted by atomic mass is 10.1. The van der Waals surface area contributed by atoms with E-state index >= 15 is 0 Å². The molecular weight excluding hydrogens is 364 g/mol. The van der Waals surface area contributed by atoms with Crippen LogP contribution < -0.4 is 10.6 Å². The lowest BCUT2D eigenvalue weighted by molar-refractivity contribution is -0.121. The van der Waals surface area contributed by atoms with Crippen LogP contribution in [0, 0.1) is 0 Å². The Kier molecular flexibility index (Phi) is 7.06. The van der Waals surface area contributed by atoms with Gasteiger partial charge in [-0.2, -0.15) is 0 Å². The SMILES string of the molecule is CCCCCC(C)NC(=O)Cc1ccc(NC(=O)c2cc3ccccc3o2)cc1. The van der Waals surface area contributed by atoms with E-state index in [-0.39, 0.29) is 23.6 Å². The van der Waals surface area contributed by atoms with Gasteiger partial charge in [0.25, 0.3) is 5.91 Å². The molecule has 29 heavy (non-hydrogen) atoms. The number of hydrogen-bond acceptors (Lipinski definition) is 3. The second kappa shape index (κ2) is 9.92. The predicted molar refractivity (Wildman–Crippen MR) is 116 cm³/mol. The predicted octanol–water partition coefficient (Wildman–Crippen LogP) is 5.31. The van der Waals surface area contributed by atoms with E-state index in [1.54, 1.807) is 18.2 Å². The maximum absolute atomic E-state index is 12.4. The van der Waals surface area contributed by atoms with Crippen molar-refractivity contribution in [3.63, 3.8) is 0 Å². The second-order valence-electron chi connectivity index (χ2n) is 7.44. The van der Waals surface area contributed by atoms with Crippen LogP contribution in [0.1, 0.15) is 55.6 Å². The van der Waals surface area contributed by atoms with Gasteiger partial charge < -0.3 is 15.1 Å². The molecule has 0 saturated carbocycles. The molecule has 1 unspecified atom stereocenters. The van der Waals surface area contributed by atoms with Crippen molar-refractivity contribution in [3.05, 3.63) is 65.9 Å². The summed E-state index contributed by atoms with van der Waals surface area (Å²) in [4.78, 5) is 24.6. The Morgan fingerprint density at radius 2 is 1.79 bits per heavy atom. The molecule has 2 aromatic carbocycles. The van der Waals surface area contributed by atoms with Crippen LogP contribution in [0.3, 0.4) is 0 Å². The number of fused-ring (bicyclic) bond motifs is 1. The summed E-state index contributed by atoms with van der Waals surface area (Å²) in [5, 5.41) is 6.77. The highest BCUT2D eigenvalue weighted by Crippen LogP contribution is 2.20. The summed E-state index contributed by atoms with van der Waals surface area (Å²) in [6.07, 6.45) is 4.85. The van der Waals surface area contributed by atoms with Gasteiger partial charge in [0, 0.05) is 17.1 Å². The third kappa shape index (κ3) is 5.95. The Labute approximate surface area is 171 Å². The number of unbranched alkanes of at least 4 members (excludes halogenated alkanes) is 2. The van der Waals surface area contributed by atoms with Crippen molar-refractivity contribution in [1.82, 2.24) is 5.32 Å². The topological polar surface area (TPSA) is 71.3 Å². The van der Waals surface area contributed by atoms with Crippen LogP contribution in [0.2, 0.25) is 0 Å². The first kappa shape index (κ1) is 20.6. The Morgan fingerprint density at radius 1 is 1.03 bits per heavy atom. The lowest BCUT2D eigenvalue weighted by Crippen LogP contribution is -2.33. The number of anilines is 1. The highest BCUT2D eigenvalue weighted by molar-refractivity contribution is 6.04. The minimum Gasteiger partial charge on any atom is -0.451 e. The molecule has 1 atom stereocenters. The van der Waals surface area contributed by atoms with Crippen LogP contribution in [0.4, 0.5) is 5.69 Å². The van der Waals surface area contributed by atoms with E-state index in [4.69, 9.17) is 4.42 Å². The first-order chi connectivity index (χ1) is 14.0. The molecule has 0 aliphatic rings. The molecule has 2 N–H and O–H groups in total. The number of carbonyl (C=O) groups is 2. The fourth-order valence-corrected chi connectivity index (χ4v) is 3.28. The van der Waals surface area contributed by atoms with Crippen molar-refractivity contribution >= 4 is 28.5 Å². The summed E-state index contributed by atoms with van der Waals surface area (Å²) in [7, 11) is 0. The van der Waals surface area contributed by atoms with Gasteiger partial charge >= 0.3 is 0 Å². The van der Waals surface area contributed by atoms with E-state index < -0.39 is 0 Å². The van der Waals surface area contributed by atoms with Gasteiger partial charge in [-0.25, -0.2) is 0 Å². The number of nitrogens with one attached hydrogen (secondary N) is 2. The van der Waals surface area contributed by atoms with Crippen molar-refractivity contribution in [2.75, 3.05) is 5.32 Å². The van der Waals surface area contributed by atoms with Gasteiger partial charge in [0.05, 0.1) is 6.42 Å². The largest absolute Gasteiger partial charge is 0.451 e. The summed E-state index contributed by atoms with van der Waals surface area (Å²) in [5.41, 5.74) is 2.25. The monoisotopic (exact) mass is 392 g/mol. The minimum atomic E-state index is -0.299. The Morgan fingerprint density at radius 3 is 2.52 bits per heavy atom. The number of rotatable bonds is 9. The average Bonchev–Trinajstić information content (AvgIpc) is 3.14. The highest BCUT2D eigenvalue weighted by Gasteiger charge is 2.13. The van der Waals surface area contributed by atoms with Gasteiger partial charge in [-0.05, 0) is 43.2 Å². The van der Waals surface area contributed by atoms with Crippen molar-refractivity contribution in [1.29, 1.82) is 0 Å². The van der Waals surface area contributed by atoms with E-state index in [0.29, 0.717) is 17.7 Å². The highest BCUT2D eigenvalue weighted by atomic mass is 16.3. The molecule has 0 radical (unpaired) electrons. The zero-order valence-corrected chi connectivity index (χ0v) is 17.0. The van der Waals surface area contributed by atoms with Gasteiger partial charge in [-0.15, -0.1) is 0 Å². The minimum absolute atomic E-state index is 0.0214. The molecule has 0 spiro atoms. The molecule has 0 aliphatic carbocycles. The quantitative estimate of drug-likeness (QED) is 0.485. The van der Waals surface area contributed by atoms with Gasteiger partial charge in [0.15, 0.2) is 5.76 Å². The number of carbonyl (C=O) groups excluding carboxylic acids is 2. The zero-order valence-electron chi connectivity index (χ0n) is 17.0. The van der Waals surface area contributed by atoms with Gasteiger partial charge in [0.1, 0.15) is 5.58 Å². The standard InChI is InChI=1S/C24H28N2O3/c1-3-4-5-8-17(2)25-23(27)15-18-11-13-20(14-12-18)26-24(28)22-16-19-9-6-7-10-21(19)29-22/h6-7,9-14,16-17H,3-5,8,15H2,1-2H3,(H,25,27)(H,26,28). The molecule has 5 heteroatoms. The number of furan rings is 1. The number of para-hydroxylation sites is 1. The summed E-state index contributed by atoms with van der Waals surface area (Å²) in [6.45, 7) is 4.22. The third-order valence-electron chi connectivity index (χ3n) is 4.87. The van der Waals surface area contributed by atoms with E-state index in [9.17, 15) is 9.59 Å². The van der Waals surface area contributed by atoms with Crippen molar-refractivity contribution in [2.45, 2.75) is 52.0 Å². The second-order valence-corrected chi connectivity index (χ2v) is 7.44. The summed E-state index contributed by atoms with van der Waals surface area (Å²) < 4.78 is 5.59. The van der Waals surface area contributed by atoms with E-state index in [1.165, 1.54) is 12.8 Å². The van der Waals surface area contributed by atoms with Crippen LogP contribution in [0.15, 0.2) is 59.0 Å². The molecule has 3 rings (SSSR count). The van der Waals surface area contributed by atoms with Crippen LogP contribution in [-0.2, 0) is 11.2 Å². The Balaban J connectivity index is 1.51. The molecule has 1 aromatic heterocycles. The average molecular weight is 392 g/mol. The van der Waals surface area contributed by atoms with Gasteiger partial charge in [-0.3, -0.25) is 9.59 Å². The first-order valence-electron chi connectivity index (χ1n) is 10.2. The summed E-state index contributed by atoms with van der Waals surface area (Å²) in [5.74, 6) is -0.00706. The van der Waals surface area contributed by atoms with Gasteiger partial charge in [-0.1, -0.05) is 56.5 Å². The zero-order chi connectivity index (χ0) is 20.6. The van der Waals surface area contributed by atoms with E-state index in [0.717, 1.165) is 23.8 Å². The molecule has 152 valence electrons. The molecule has 0 bridgehead atoms. The Hall–Kier alpha value is -3.08. The number of amides is 2. The fourth-order valence-electron chi connectivity index (χ4n) is 3.28. The maximum atomic E-state index is 12.4.